The zero-order valence-corrected chi connectivity index (χ0v) is 19.3. The maximum absolute atomic E-state index is 12.2. The minimum atomic E-state index is -0.0684. The Kier molecular flexibility index (Phi) is 6.12. The van der Waals surface area contributed by atoms with Crippen LogP contribution in [0.5, 0.6) is 5.75 Å². The molecule has 6 nitrogen and oxygen atoms in total. The second-order valence-corrected chi connectivity index (χ2v) is 8.66. The predicted octanol–water partition coefficient (Wildman–Crippen LogP) is 5.96. The SMILES string of the molecule is CCC[C@H]1C(=O)NN=C(c2ccc3nc(-c4ccc(OCc5ccccc5)cc4)oc3c2)C1C. The fourth-order valence-corrected chi connectivity index (χ4v) is 4.38. The molecule has 4 aromatic rings. The second kappa shape index (κ2) is 9.51. The zero-order chi connectivity index (χ0) is 23.5. The normalized spacial score (nSPS) is 17.9. The molecule has 172 valence electrons. The summed E-state index contributed by atoms with van der Waals surface area (Å²) in [6.45, 7) is 4.68. The van der Waals surface area contributed by atoms with Gasteiger partial charge in [-0.3, -0.25) is 4.79 Å². The summed E-state index contributed by atoms with van der Waals surface area (Å²) in [4.78, 5) is 16.9. The monoisotopic (exact) mass is 453 g/mol. The zero-order valence-electron chi connectivity index (χ0n) is 19.3. The van der Waals surface area contributed by atoms with Gasteiger partial charge in [-0.1, -0.05) is 56.7 Å². The van der Waals surface area contributed by atoms with Crippen molar-refractivity contribution in [2.45, 2.75) is 33.3 Å². The van der Waals surface area contributed by atoms with Crippen LogP contribution in [0.4, 0.5) is 0 Å². The van der Waals surface area contributed by atoms with Crippen LogP contribution in [-0.4, -0.2) is 16.6 Å². The van der Waals surface area contributed by atoms with Crippen molar-refractivity contribution in [2.24, 2.45) is 16.9 Å². The topological polar surface area (TPSA) is 76.7 Å². The van der Waals surface area contributed by atoms with Crippen molar-refractivity contribution in [3.8, 4) is 17.2 Å². The van der Waals surface area contributed by atoms with Crippen LogP contribution in [0.3, 0.4) is 0 Å². The molecule has 0 saturated carbocycles. The number of benzene rings is 3. The van der Waals surface area contributed by atoms with Crippen LogP contribution in [0.1, 0.15) is 37.8 Å². The number of fused-ring (bicyclic) bond motifs is 1. The molecule has 0 spiro atoms. The first kappa shape index (κ1) is 21.9. The summed E-state index contributed by atoms with van der Waals surface area (Å²) >= 11 is 0. The van der Waals surface area contributed by atoms with Crippen LogP contribution in [0.25, 0.3) is 22.6 Å². The van der Waals surface area contributed by atoms with Gasteiger partial charge in [0.1, 0.15) is 17.9 Å². The number of hydrogen-bond donors (Lipinski definition) is 1. The van der Waals surface area contributed by atoms with E-state index < -0.39 is 0 Å². The fraction of sp³-hybridized carbons (Fsp3) is 0.250. The highest BCUT2D eigenvalue weighted by molar-refractivity contribution is 6.07. The average Bonchev–Trinajstić information content (AvgIpc) is 3.30. The van der Waals surface area contributed by atoms with Crippen LogP contribution in [0.2, 0.25) is 0 Å². The summed E-state index contributed by atoms with van der Waals surface area (Å²) in [5, 5.41) is 4.36. The fourth-order valence-electron chi connectivity index (χ4n) is 4.38. The van der Waals surface area contributed by atoms with Gasteiger partial charge in [-0.05, 0) is 48.4 Å². The molecule has 1 aliphatic heterocycles. The Morgan fingerprint density at radius 2 is 1.76 bits per heavy atom. The third kappa shape index (κ3) is 4.44. The number of hydrazone groups is 1. The molecule has 0 saturated heterocycles. The highest BCUT2D eigenvalue weighted by atomic mass is 16.5. The molecule has 5 rings (SSSR count). The number of aromatic nitrogens is 1. The van der Waals surface area contributed by atoms with E-state index in [-0.39, 0.29) is 17.7 Å². The number of nitrogens with zero attached hydrogens (tertiary/aromatic N) is 2. The van der Waals surface area contributed by atoms with Gasteiger partial charge in [-0.25, -0.2) is 10.4 Å². The van der Waals surface area contributed by atoms with E-state index in [9.17, 15) is 4.79 Å². The minimum absolute atomic E-state index is 0.00248. The Bertz CT molecular complexity index is 1330. The summed E-state index contributed by atoms with van der Waals surface area (Å²) in [7, 11) is 0. The minimum Gasteiger partial charge on any atom is -0.489 e. The lowest BCUT2D eigenvalue weighted by atomic mass is 9.82. The van der Waals surface area contributed by atoms with Crippen molar-refractivity contribution >= 4 is 22.7 Å². The number of nitrogens with one attached hydrogen (secondary N) is 1. The number of amides is 1. The highest BCUT2D eigenvalue weighted by Gasteiger charge is 2.32. The maximum atomic E-state index is 12.2. The number of oxazole rings is 1. The summed E-state index contributed by atoms with van der Waals surface area (Å²) in [5.41, 5.74) is 7.97. The molecule has 0 aliphatic carbocycles. The first-order valence-electron chi connectivity index (χ1n) is 11.7. The number of carbonyl (C=O) groups is 1. The molecule has 3 aromatic carbocycles. The molecular weight excluding hydrogens is 426 g/mol. The van der Waals surface area contributed by atoms with Gasteiger partial charge in [0.2, 0.25) is 11.8 Å². The first-order valence-corrected chi connectivity index (χ1v) is 11.7. The van der Waals surface area contributed by atoms with E-state index in [4.69, 9.17) is 9.15 Å². The summed E-state index contributed by atoms with van der Waals surface area (Å²) in [6.07, 6.45) is 1.79. The van der Waals surface area contributed by atoms with E-state index >= 15 is 0 Å². The lowest BCUT2D eigenvalue weighted by molar-refractivity contribution is -0.126. The van der Waals surface area contributed by atoms with Crippen LogP contribution in [-0.2, 0) is 11.4 Å². The molecule has 1 aliphatic rings. The molecule has 2 atom stereocenters. The third-order valence-corrected chi connectivity index (χ3v) is 6.29. The van der Waals surface area contributed by atoms with E-state index in [0.29, 0.717) is 18.1 Å². The number of ether oxygens (including phenoxy) is 1. The van der Waals surface area contributed by atoms with E-state index in [2.05, 4.69) is 29.4 Å². The molecule has 0 fully saturated rings. The van der Waals surface area contributed by atoms with E-state index in [1.807, 2.05) is 72.8 Å². The van der Waals surface area contributed by atoms with Crippen molar-refractivity contribution in [2.75, 3.05) is 0 Å². The molecule has 1 N–H and O–H groups in total. The molecule has 1 aromatic heterocycles. The van der Waals surface area contributed by atoms with Gasteiger partial charge in [0.25, 0.3) is 0 Å². The Labute approximate surface area is 198 Å². The van der Waals surface area contributed by atoms with Crippen molar-refractivity contribution in [3.63, 3.8) is 0 Å². The Hall–Kier alpha value is -3.93. The number of carbonyl (C=O) groups excluding carboxylic acids is 1. The van der Waals surface area contributed by atoms with Gasteiger partial charge in [-0.2, -0.15) is 5.10 Å². The standard InChI is InChI=1S/C28H27N3O3/c1-3-7-23-18(2)26(30-31-27(23)32)21-12-15-24-25(16-21)34-28(29-24)20-10-13-22(14-11-20)33-17-19-8-5-4-6-9-19/h4-6,8-16,18,23H,3,7,17H2,1-2H3,(H,31,32)/t18?,23-/m1/s1. The van der Waals surface area contributed by atoms with E-state index in [1.54, 1.807) is 0 Å². The summed E-state index contributed by atoms with van der Waals surface area (Å²) < 4.78 is 12.0. The predicted molar refractivity (Wildman–Crippen MR) is 132 cm³/mol. The molecule has 0 radical (unpaired) electrons. The summed E-state index contributed by atoms with van der Waals surface area (Å²) in [5.74, 6) is 1.31. The van der Waals surface area contributed by atoms with E-state index in [0.717, 1.165) is 46.5 Å². The van der Waals surface area contributed by atoms with Crippen molar-refractivity contribution in [1.82, 2.24) is 10.4 Å². The smallest absolute Gasteiger partial charge is 0.243 e. The van der Waals surface area contributed by atoms with Gasteiger partial charge in [0, 0.05) is 23.0 Å². The second-order valence-electron chi connectivity index (χ2n) is 8.66. The Balaban J connectivity index is 1.34. The quantitative estimate of drug-likeness (QED) is 0.375. The van der Waals surface area contributed by atoms with Crippen molar-refractivity contribution < 1.29 is 13.9 Å². The maximum Gasteiger partial charge on any atom is 0.243 e. The molecule has 2 heterocycles. The first-order chi connectivity index (χ1) is 16.6. The van der Waals surface area contributed by atoms with Crippen LogP contribution in [0.15, 0.2) is 82.3 Å². The number of hydrogen-bond acceptors (Lipinski definition) is 5. The molecule has 34 heavy (non-hydrogen) atoms. The van der Waals surface area contributed by atoms with Gasteiger partial charge < -0.3 is 9.15 Å². The van der Waals surface area contributed by atoms with Gasteiger partial charge >= 0.3 is 0 Å². The van der Waals surface area contributed by atoms with Crippen molar-refractivity contribution in [3.05, 3.63) is 83.9 Å². The molecular formula is C28H27N3O3. The third-order valence-electron chi connectivity index (χ3n) is 6.29. The van der Waals surface area contributed by atoms with Gasteiger partial charge in [-0.15, -0.1) is 0 Å². The lowest BCUT2D eigenvalue weighted by Crippen LogP contribution is -2.40. The largest absolute Gasteiger partial charge is 0.489 e. The summed E-state index contributed by atoms with van der Waals surface area (Å²) in [6, 6.07) is 23.7. The van der Waals surface area contributed by atoms with Crippen LogP contribution in [0, 0.1) is 11.8 Å². The highest BCUT2D eigenvalue weighted by Crippen LogP contribution is 2.30. The molecule has 0 bridgehead atoms. The van der Waals surface area contributed by atoms with Gasteiger partial charge in [0.15, 0.2) is 5.58 Å². The average molecular weight is 454 g/mol. The molecule has 6 heteroatoms. The van der Waals surface area contributed by atoms with E-state index in [1.165, 1.54) is 0 Å². The van der Waals surface area contributed by atoms with Crippen molar-refractivity contribution in [1.29, 1.82) is 0 Å². The Morgan fingerprint density at radius 1 is 1.00 bits per heavy atom. The van der Waals surface area contributed by atoms with Crippen LogP contribution < -0.4 is 10.2 Å². The van der Waals surface area contributed by atoms with Crippen LogP contribution >= 0.6 is 0 Å². The van der Waals surface area contributed by atoms with Gasteiger partial charge in [0.05, 0.1) is 5.71 Å². The lowest BCUT2D eigenvalue weighted by Gasteiger charge is -2.27. The molecule has 1 amide bonds. The number of rotatable bonds is 7. The Morgan fingerprint density at radius 3 is 2.53 bits per heavy atom. The molecule has 1 unspecified atom stereocenters.